The Hall–Kier alpha value is -0.160. The monoisotopic (exact) mass is 218 g/mol. The van der Waals surface area contributed by atoms with Crippen molar-refractivity contribution >= 4 is 28.1 Å². The molecule has 0 unspecified atom stereocenters. The molecule has 2 rings (SSSR count). The van der Waals surface area contributed by atoms with Crippen LogP contribution in [-0.4, -0.2) is 44.9 Å². The van der Waals surface area contributed by atoms with Crippen molar-refractivity contribution in [3.63, 3.8) is 0 Å². The summed E-state index contributed by atoms with van der Waals surface area (Å²) in [6.45, 7) is 1.70. The fraction of sp³-hybridized carbons (Fsp3) is 0.875. The Balaban J connectivity index is 1.78. The molecule has 1 saturated heterocycles. The Bertz CT molecular complexity index is 230. The van der Waals surface area contributed by atoms with Crippen LogP contribution in [0.25, 0.3) is 0 Å². The van der Waals surface area contributed by atoms with Gasteiger partial charge in [-0.05, 0) is 25.1 Å². The van der Waals surface area contributed by atoms with E-state index in [1.807, 2.05) is 0 Å². The normalized spacial score (nSPS) is 24.5. The smallest absolute Gasteiger partial charge is 0.169 e. The van der Waals surface area contributed by atoms with Gasteiger partial charge in [0.05, 0.1) is 0 Å². The predicted octanol–water partition coefficient (Wildman–Crippen LogP) is 0.0876. The van der Waals surface area contributed by atoms with E-state index >= 15 is 0 Å². The van der Waals surface area contributed by atoms with Gasteiger partial charge >= 0.3 is 0 Å². The van der Waals surface area contributed by atoms with Gasteiger partial charge in [0.25, 0.3) is 0 Å². The molecule has 1 aliphatic heterocycles. The highest BCUT2D eigenvalue weighted by Gasteiger charge is 2.25. The van der Waals surface area contributed by atoms with Gasteiger partial charge in [-0.15, -0.1) is 0 Å². The zero-order valence-electron chi connectivity index (χ0n) is 7.49. The molecule has 0 atom stereocenters. The molecular weight excluding hydrogens is 204 g/mol. The molecule has 0 aromatic carbocycles. The van der Waals surface area contributed by atoms with Gasteiger partial charge in [0, 0.05) is 41.4 Å². The van der Waals surface area contributed by atoms with E-state index in [9.17, 15) is 4.21 Å². The maximum absolute atomic E-state index is 11.1. The average molecular weight is 218 g/mol. The second-order valence-corrected chi connectivity index (χ2v) is 5.64. The lowest BCUT2D eigenvalue weighted by atomic mass is 10.5. The lowest BCUT2D eigenvalue weighted by Crippen LogP contribution is -2.47. The third kappa shape index (κ3) is 2.64. The lowest BCUT2D eigenvalue weighted by molar-refractivity contribution is 0.446. The Labute approximate surface area is 86.3 Å². The van der Waals surface area contributed by atoms with E-state index in [0.29, 0.717) is 6.04 Å². The molecule has 0 spiro atoms. The van der Waals surface area contributed by atoms with Crippen LogP contribution in [0.1, 0.15) is 12.8 Å². The summed E-state index contributed by atoms with van der Waals surface area (Å²) in [5.74, 6) is 1.54. The summed E-state index contributed by atoms with van der Waals surface area (Å²) in [5, 5.41) is 4.16. The molecular formula is C8H14N2OS2. The molecule has 0 amide bonds. The molecule has 0 bridgehead atoms. The van der Waals surface area contributed by atoms with Crippen molar-refractivity contribution in [2.75, 3.05) is 24.6 Å². The van der Waals surface area contributed by atoms with Crippen molar-refractivity contribution < 1.29 is 4.21 Å². The van der Waals surface area contributed by atoms with Crippen molar-refractivity contribution in [1.29, 1.82) is 0 Å². The van der Waals surface area contributed by atoms with E-state index < -0.39 is 10.8 Å². The molecule has 2 aliphatic rings. The van der Waals surface area contributed by atoms with Crippen LogP contribution in [0.4, 0.5) is 0 Å². The predicted molar refractivity (Wildman–Crippen MR) is 58.2 cm³/mol. The van der Waals surface area contributed by atoms with Crippen molar-refractivity contribution in [2.24, 2.45) is 0 Å². The molecule has 5 heteroatoms. The van der Waals surface area contributed by atoms with E-state index in [1.54, 1.807) is 0 Å². The first-order chi connectivity index (χ1) is 6.25. The molecule has 1 N–H and O–H groups in total. The van der Waals surface area contributed by atoms with Crippen LogP contribution in [0.15, 0.2) is 0 Å². The van der Waals surface area contributed by atoms with Crippen molar-refractivity contribution in [1.82, 2.24) is 10.2 Å². The number of thiocarbonyl (C=S) groups is 1. The van der Waals surface area contributed by atoms with Crippen molar-refractivity contribution in [2.45, 2.75) is 18.9 Å². The Kier molecular flexibility index (Phi) is 2.83. The molecule has 1 saturated carbocycles. The minimum Gasteiger partial charge on any atom is -0.360 e. The first kappa shape index (κ1) is 9.40. The molecule has 1 heterocycles. The number of hydrogen-bond acceptors (Lipinski definition) is 2. The summed E-state index contributed by atoms with van der Waals surface area (Å²) in [6.07, 6.45) is 2.50. The molecule has 13 heavy (non-hydrogen) atoms. The molecule has 1 aliphatic carbocycles. The van der Waals surface area contributed by atoms with Gasteiger partial charge in [-0.3, -0.25) is 4.21 Å². The summed E-state index contributed by atoms with van der Waals surface area (Å²) in [7, 11) is -0.604. The minimum absolute atomic E-state index is 0.604. The Morgan fingerprint density at radius 3 is 2.54 bits per heavy atom. The lowest BCUT2D eigenvalue weighted by Gasteiger charge is -2.28. The zero-order chi connectivity index (χ0) is 9.26. The average Bonchev–Trinajstić information content (AvgIpc) is 2.89. The van der Waals surface area contributed by atoms with E-state index in [0.717, 1.165) is 29.7 Å². The number of nitrogens with one attached hydrogen (secondary N) is 1. The van der Waals surface area contributed by atoms with E-state index in [-0.39, 0.29) is 0 Å². The third-order valence-corrected chi connectivity index (χ3v) is 4.02. The van der Waals surface area contributed by atoms with Gasteiger partial charge in [0.15, 0.2) is 5.11 Å². The highest BCUT2D eigenvalue weighted by molar-refractivity contribution is 7.85. The summed E-state index contributed by atoms with van der Waals surface area (Å²) < 4.78 is 11.1. The molecule has 0 aromatic heterocycles. The fourth-order valence-corrected chi connectivity index (χ4v) is 2.74. The highest BCUT2D eigenvalue weighted by Crippen LogP contribution is 2.19. The van der Waals surface area contributed by atoms with Gasteiger partial charge in [-0.25, -0.2) is 0 Å². The number of rotatable bonds is 1. The van der Waals surface area contributed by atoms with Crippen LogP contribution in [0.5, 0.6) is 0 Å². The van der Waals surface area contributed by atoms with E-state index in [1.165, 1.54) is 12.8 Å². The molecule has 74 valence electrons. The Morgan fingerprint density at radius 1 is 1.38 bits per heavy atom. The second-order valence-electron chi connectivity index (χ2n) is 3.56. The summed E-state index contributed by atoms with van der Waals surface area (Å²) in [4.78, 5) is 2.13. The first-order valence-electron chi connectivity index (χ1n) is 4.66. The van der Waals surface area contributed by atoms with Crippen LogP contribution < -0.4 is 5.32 Å². The maximum atomic E-state index is 11.1. The van der Waals surface area contributed by atoms with Crippen LogP contribution in [0.2, 0.25) is 0 Å². The summed E-state index contributed by atoms with van der Waals surface area (Å²) in [6, 6.07) is 0.625. The molecule has 3 nitrogen and oxygen atoms in total. The molecule has 0 radical (unpaired) electrons. The largest absolute Gasteiger partial charge is 0.360 e. The summed E-state index contributed by atoms with van der Waals surface area (Å²) in [5.41, 5.74) is 0. The van der Waals surface area contributed by atoms with Gasteiger partial charge in [0.2, 0.25) is 0 Å². The second kappa shape index (κ2) is 3.92. The van der Waals surface area contributed by atoms with Gasteiger partial charge in [-0.2, -0.15) is 0 Å². The van der Waals surface area contributed by atoms with Crippen LogP contribution in [0.3, 0.4) is 0 Å². The van der Waals surface area contributed by atoms with Crippen LogP contribution >= 0.6 is 12.2 Å². The Morgan fingerprint density at radius 2 is 2.00 bits per heavy atom. The fourth-order valence-electron chi connectivity index (χ4n) is 1.33. The van der Waals surface area contributed by atoms with Gasteiger partial charge in [-0.1, -0.05) is 0 Å². The topological polar surface area (TPSA) is 32.3 Å². The number of hydrogen-bond donors (Lipinski definition) is 1. The van der Waals surface area contributed by atoms with E-state index in [4.69, 9.17) is 12.2 Å². The van der Waals surface area contributed by atoms with Crippen molar-refractivity contribution in [3.8, 4) is 0 Å². The minimum atomic E-state index is -0.604. The standard InChI is InChI=1S/C8H14N2OS2/c11-13-5-3-10(4-6-13)8(12)9-7-1-2-7/h7H,1-6H2,(H,9,12). The first-order valence-corrected chi connectivity index (χ1v) is 6.56. The molecule has 2 fully saturated rings. The van der Waals surface area contributed by atoms with Crippen LogP contribution in [0, 0.1) is 0 Å². The third-order valence-electron chi connectivity index (χ3n) is 2.37. The maximum Gasteiger partial charge on any atom is 0.169 e. The van der Waals surface area contributed by atoms with Gasteiger partial charge < -0.3 is 10.2 Å². The van der Waals surface area contributed by atoms with Crippen molar-refractivity contribution in [3.05, 3.63) is 0 Å². The SMILES string of the molecule is O=S1CCN(C(=S)NC2CC2)CC1. The molecule has 0 aromatic rings. The van der Waals surface area contributed by atoms with Gasteiger partial charge in [0.1, 0.15) is 0 Å². The highest BCUT2D eigenvalue weighted by atomic mass is 32.2. The number of nitrogens with zero attached hydrogens (tertiary/aromatic N) is 1. The quantitative estimate of drug-likeness (QED) is 0.632. The summed E-state index contributed by atoms with van der Waals surface area (Å²) >= 11 is 5.24. The van der Waals surface area contributed by atoms with E-state index in [2.05, 4.69) is 10.2 Å². The zero-order valence-corrected chi connectivity index (χ0v) is 9.12. The van der Waals surface area contributed by atoms with Crippen LogP contribution in [-0.2, 0) is 10.8 Å².